The molecule has 0 aliphatic rings. The van der Waals surface area contributed by atoms with Crippen LogP contribution in [0.25, 0.3) is 0 Å². The van der Waals surface area contributed by atoms with Crippen LogP contribution in [0.1, 0.15) is 50.4 Å². The van der Waals surface area contributed by atoms with Gasteiger partial charge in [-0.25, -0.2) is 0 Å². The van der Waals surface area contributed by atoms with Crippen LogP contribution in [-0.4, -0.2) is 25.5 Å². The van der Waals surface area contributed by atoms with Gasteiger partial charge in [-0.05, 0) is 38.0 Å². The second-order valence-corrected chi connectivity index (χ2v) is 5.16. The van der Waals surface area contributed by atoms with Gasteiger partial charge in [0.25, 0.3) is 5.91 Å². The zero-order valence-corrected chi connectivity index (χ0v) is 13.1. The average Bonchev–Trinajstić information content (AvgIpc) is 2.47. The first-order chi connectivity index (χ1) is 9.54. The van der Waals surface area contributed by atoms with Gasteiger partial charge in [-0.2, -0.15) is 0 Å². The van der Waals surface area contributed by atoms with Gasteiger partial charge < -0.3 is 16.0 Å². The van der Waals surface area contributed by atoms with E-state index in [0.717, 1.165) is 31.5 Å². The Hall–Kier alpha value is -1.71. The number of amides is 1. The smallest absolute Gasteiger partial charge is 0.251 e. The average molecular weight is 277 g/mol. The van der Waals surface area contributed by atoms with Gasteiger partial charge in [0.1, 0.15) is 0 Å². The molecule has 4 heteroatoms. The molecule has 3 N–H and O–H groups in total. The van der Waals surface area contributed by atoms with Crippen molar-refractivity contribution in [3.8, 4) is 0 Å². The molecular weight excluding hydrogens is 250 g/mol. The molecule has 1 aromatic rings. The van der Waals surface area contributed by atoms with E-state index < -0.39 is 0 Å². The van der Waals surface area contributed by atoms with Crippen molar-refractivity contribution in [2.75, 3.05) is 24.2 Å². The highest BCUT2D eigenvalue weighted by molar-refractivity contribution is 5.96. The topological polar surface area (TPSA) is 58.4 Å². The first kappa shape index (κ1) is 16.3. The largest absolute Gasteiger partial charge is 0.397 e. The standard InChI is InChI=1S/C16H27N3O/c1-5-7-10-19(12(3)6-2)15-9-8-13(11-14(15)17)16(20)18-4/h8-9,11-12H,5-7,10,17H2,1-4H3,(H,18,20). The minimum absolute atomic E-state index is 0.105. The van der Waals surface area contributed by atoms with Crippen LogP contribution < -0.4 is 16.0 Å². The lowest BCUT2D eigenvalue weighted by atomic mass is 10.1. The molecule has 1 unspecified atom stereocenters. The maximum atomic E-state index is 11.6. The molecule has 1 amide bonds. The number of unbranched alkanes of at least 4 members (excludes halogenated alkanes) is 1. The number of nitrogens with one attached hydrogen (secondary N) is 1. The Labute approximate surface area is 122 Å². The third-order valence-electron chi connectivity index (χ3n) is 3.70. The Kier molecular flexibility index (Phi) is 6.36. The number of nitrogen functional groups attached to an aromatic ring is 1. The minimum Gasteiger partial charge on any atom is -0.397 e. The van der Waals surface area contributed by atoms with Gasteiger partial charge in [0.15, 0.2) is 0 Å². The van der Waals surface area contributed by atoms with E-state index in [-0.39, 0.29) is 5.91 Å². The quantitative estimate of drug-likeness (QED) is 0.753. The van der Waals surface area contributed by atoms with Crippen molar-refractivity contribution in [3.05, 3.63) is 23.8 Å². The number of nitrogens with zero attached hydrogens (tertiary/aromatic N) is 1. The molecule has 0 aliphatic carbocycles. The second-order valence-electron chi connectivity index (χ2n) is 5.16. The van der Waals surface area contributed by atoms with Gasteiger partial charge >= 0.3 is 0 Å². The van der Waals surface area contributed by atoms with E-state index in [9.17, 15) is 4.79 Å². The second kappa shape index (κ2) is 7.78. The summed E-state index contributed by atoms with van der Waals surface area (Å²) in [6, 6.07) is 6.00. The molecule has 0 bridgehead atoms. The first-order valence-electron chi connectivity index (χ1n) is 7.43. The SMILES string of the molecule is CCCCN(c1ccc(C(=O)NC)cc1N)C(C)CC. The van der Waals surface area contributed by atoms with Gasteiger partial charge in [0, 0.05) is 25.2 Å². The van der Waals surface area contributed by atoms with E-state index in [0.29, 0.717) is 17.3 Å². The molecular formula is C16H27N3O. The summed E-state index contributed by atoms with van der Waals surface area (Å²) < 4.78 is 0. The summed E-state index contributed by atoms with van der Waals surface area (Å²) in [5, 5.41) is 2.62. The van der Waals surface area contributed by atoms with Crippen LogP contribution in [0.4, 0.5) is 11.4 Å². The number of carbonyl (C=O) groups is 1. The van der Waals surface area contributed by atoms with Crippen LogP contribution in [0.2, 0.25) is 0 Å². The van der Waals surface area contributed by atoms with E-state index in [4.69, 9.17) is 5.73 Å². The van der Waals surface area contributed by atoms with Crippen molar-refractivity contribution in [2.45, 2.75) is 46.1 Å². The zero-order chi connectivity index (χ0) is 15.1. The Balaban J connectivity index is 3.04. The molecule has 4 nitrogen and oxygen atoms in total. The molecule has 0 aromatic heterocycles. The molecule has 1 rings (SSSR count). The molecule has 0 saturated carbocycles. The summed E-state index contributed by atoms with van der Waals surface area (Å²) >= 11 is 0. The molecule has 0 fully saturated rings. The van der Waals surface area contributed by atoms with Crippen molar-refractivity contribution in [2.24, 2.45) is 0 Å². The Morgan fingerprint density at radius 1 is 1.40 bits per heavy atom. The molecule has 1 aromatic carbocycles. The lowest BCUT2D eigenvalue weighted by Gasteiger charge is -2.32. The summed E-state index contributed by atoms with van der Waals surface area (Å²) in [7, 11) is 1.62. The Morgan fingerprint density at radius 3 is 2.60 bits per heavy atom. The van der Waals surface area contributed by atoms with Crippen LogP contribution in [0, 0.1) is 0 Å². The fraction of sp³-hybridized carbons (Fsp3) is 0.562. The predicted molar refractivity (Wildman–Crippen MR) is 86.3 cm³/mol. The summed E-state index contributed by atoms with van der Waals surface area (Å²) in [6.07, 6.45) is 3.37. The van der Waals surface area contributed by atoms with Crippen LogP contribution in [-0.2, 0) is 0 Å². The van der Waals surface area contributed by atoms with Crippen LogP contribution in [0.15, 0.2) is 18.2 Å². The fourth-order valence-corrected chi connectivity index (χ4v) is 2.23. The minimum atomic E-state index is -0.105. The molecule has 0 heterocycles. The summed E-state index contributed by atoms with van der Waals surface area (Å²) in [6.45, 7) is 7.57. The lowest BCUT2D eigenvalue weighted by Crippen LogP contribution is -2.34. The van der Waals surface area contributed by atoms with Gasteiger partial charge in [-0.15, -0.1) is 0 Å². The third kappa shape index (κ3) is 3.89. The van der Waals surface area contributed by atoms with E-state index in [1.54, 1.807) is 13.1 Å². The van der Waals surface area contributed by atoms with E-state index in [1.165, 1.54) is 0 Å². The number of rotatable bonds is 7. The fourth-order valence-electron chi connectivity index (χ4n) is 2.23. The monoisotopic (exact) mass is 277 g/mol. The highest BCUT2D eigenvalue weighted by Gasteiger charge is 2.16. The van der Waals surface area contributed by atoms with Crippen molar-refractivity contribution in [3.63, 3.8) is 0 Å². The van der Waals surface area contributed by atoms with Gasteiger partial charge in [-0.3, -0.25) is 4.79 Å². The van der Waals surface area contributed by atoms with Crippen molar-refractivity contribution in [1.29, 1.82) is 0 Å². The highest BCUT2D eigenvalue weighted by atomic mass is 16.1. The molecule has 1 atom stereocenters. The highest BCUT2D eigenvalue weighted by Crippen LogP contribution is 2.27. The van der Waals surface area contributed by atoms with E-state index in [2.05, 4.69) is 31.0 Å². The third-order valence-corrected chi connectivity index (χ3v) is 3.70. The lowest BCUT2D eigenvalue weighted by molar-refractivity contribution is 0.0963. The van der Waals surface area contributed by atoms with Crippen LogP contribution >= 0.6 is 0 Å². The normalized spacial score (nSPS) is 12.0. The number of benzene rings is 1. The number of hydrogen-bond donors (Lipinski definition) is 2. The summed E-state index contributed by atoms with van der Waals surface area (Å²) in [5.74, 6) is -0.105. The van der Waals surface area contributed by atoms with Crippen molar-refractivity contribution in [1.82, 2.24) is 5.32 Å². The van der Waals surface area contributed by atoms with Gasteiger partial charge in [0.2, 0.25) is 0 Å². The molecule has 20 heavy (non-hydrogen) atoms. The molecule has 0 radical (unpaired) electrons. The summed E-state index contributed by atoms with van der Waals surface area (Å²) in [4.78, 5) is 14.0. The maximum absolute atomic E-state index is 11.6. The number of carbonyl (C=O) groups excluding carboxylic acids is 1. The zero-order valence-electron chi connectivity index (χ0n) is 13.1. The first-order valence-corrected chi connectivity index (χ1v) is 7.43. The van der Waals surface area contributed by atoms with Gasteiger partial charge in [-0.1, -0.05) is 20.3 Å². The molecule has 0 saturated heterocycles. The Morgan fingerprint density at radius 2 is 2.10 bits per heavy atom. The molecule has 112 valence electrons. The molecule has 0 spiro atoms. The van der Waals surface area contributed by atoms with Crippen LogP contribution in [0.3, 0.4) is 0 Å². The number of anilines is 2. The van der Waals surface area contributed by atoms with Crippen LogP contribution in [0.5, 0.6) is 0 Å². The van der Waals surface area contributed by atoms with Gasteiger partial charge in [0.05, 0.1) is 11.4 Å². The van der Waals surface area contributed by atoms with E-state index in [1.807, 2.05) is 12.1 Å². The van der Waals surface area contributed by atoms with Crippen molar-refractivity contribution >= 4 is 17.3 Å². The molecule has 0 aliphatic heterocycles. The summed E-state index contributed by atoms with van der Waals surface area (Å²) in [5.41, 5.74) is 8.46. The predicted octanol–water partition coefficient (Wildman–Crippen LogP) is 3.03. The number of hydrogen-bond acceptors (Lipinski definition) is 3. The number of nitrogens with two attached hydrogens (primary N) is 1. The van der Waals surface area contributed by atoms with E-state index >= 15 is 0 Å². The maximum Gasteiger partial charge on any atom is 0.251 e. The Bertz CT molecular complexity index is 445. The van der Waals surface area contributed by atoms with Crippen molar-refractivity contribution < 1.29 is 4.79 Å².